The van der Waals surface area contributed by atoms with Crippen LogP contribution in [0.15, 0.2) is 23.0 Å². The lowest BCUT2D eigenvalue weighted by Crippen LogP contribution is -2.11. The van der Waals surface area contributed by atoms with E-state index in [1.165, 1.54) is 11.1 Å². The number of H-pyrrole nitrogens is 1. The Hall–Kier alpha value is -1.94. The summed E-state index contributed by atoms with van der Waals surface area (Å²) in [6.45, 7) is 8.35. The number of rotatable bonds is 3. The summed E-state index contributed by atoms with van der Waals surface area (Å²) in [6.07, 6.45) is 1.78. The molecule has 0 aliphatic carbocycles. The number of benzene rings is 1. The fraction of sp³-hybridized carbons (Fsp3) is 0.333. The van der Waals surface area contributed by atoms with Gasteiger partial charge in [0.1, 0.15) is 10.7 Å². The van der Waals surface area contributed by atoms with Crippen LogP contribution in [-0.2, 0) is 6.42 Å². The third kappa shape index (κ3) is 2.48. The molecule has 2 heterocycles. The monoisotopic (exact) mass is 312 g/mol. The summed E-state index contributed by atoms with van der Waals surface area (Å²) in [5.74, 6) is 0.785. The van der Waals surface area contributed by atoms with Crippen LogP contribution in [-0.4, -0.2) is 9.97 Å². The molecule has 1 aromatic carbocycles. The maximum atomic E-state index is 12.5. The predicted molar refractivity (Wildman–Crippen MR) is 93.9 cm³/mol. The molecule has 0 fully saturated rings. The first kappa shape index (κ1) is 15.0. The topological polar surface area (TPSA) is 45.8 Å². The zero-order valence-electron chi connectivity index (χ0n) is 13.4. The van der Waals surface area contributed by atoms with Crippen molar-refractivity contribution in [2.24, 2.45) is 0 Å². The quantitative estimate of drug-likeness (QED) is 0.772. The Morgan fingerprint density at radius 1 is 1.18 bits per heavy atom. The lowest BCUT2D eigenvalue weighted by Gasteiger charge is -2.06. The molecular formula is C18H20N2OS. The summed E-state index contributed by atoms with van der Waals surface area (Å²) in [6, 6.07) is 6.36. The van der Waals surface area contributed by atoms with Crippen molar-refractivity contribution in [2.45, 2.75) is 40.5 Å². The van der Waals surface area contributed by atoms with Crippen LogP contribution in [0.4, 0.5) is 0 Å². The van der Waals surface area contributed by atoms with Crippen molar-refractivity contribution < 1.29 is 0 Å². The van der Waals surface area contributed by atoms with Gasteiger partial charge in [0.2, 0.25) is 0 Å². The molecular weight excluding hydrogens is 292 g/mol. The smallest absolute Gasteiger partial charge is 0.260 e. The van der Waals surface area contributed by atoms with Crippen molar-refractivity contribution in [3.05, 3.63) is 50.4 Å². The van der Waals surface area contributed by atoms with Crippen molar-refractivity contribution >= 4 is 21.6 Å². The number of aryl methyl sites for hydroxylation is 4. The van der Waals surface area contributed by atoms with Crippen LogP contribution in [0.1, 0.15) is 35.2 Å². The molecule has 0 saturated heterocycles. The molecule has 3 nitrogen and oxygen atoms in total. The Labute approximate surface area is 134 Å². The molecule has 0 aliphatic heterocycles. The molecule has 0 atom stereocenters. The van der Waals surface area contributed by atoms with E-state index in [9.17, 15) is 4.79 Å². The fourth-order valence-corrected chi connectivity index (χ4v) is 3.83. The average molecular weight is 312 g/mol. The van der Waals surface area contributed by atoms with Gasteiger partial charge in [-0.2, -0.15) is 0 Å². The molecule has 0 amide bonds. The number of fused-ring (bicyclic) bond motifs is 1. The molecule has 4 heteroatoms. The summed E-state index contributed by atoms with van der Waals surface area (Å²) >= 11 is 1.61. The molecule has 0 radical (unpaired) electrons. The second-order valence-electron chi connectivity index (χ2n) is 5.78. The Kier molecular flexibility index (Phi) is 3.87. The molecule has 114 valence electrons. The zero-order valence-corrected chi connectivity index (χ0v) is 14.2. The Balaban J connectivity index is 2.28. The first-order chi connectivity index (χ1) is 10.5. The van der Waals surface area contributed by atoms with Crippen LogP contribution in [0.25, 0.3) is 21.3 Å². The van der Waals surface area contributed by atoms with Crippen LogP contribution in [0.5, 0.6) is 0 Å². The van der Waals surface area contributed by atoms with E-state index in [1.807, 2.05) is 0 Å². The number of nitrogens with one attached hydrogen (secondary N) is 1. The lowest BCUT2D eigenvalue weighted by atomic mass is 9.99. The summed E-state index contributed by atoms with van der Waals surface area (Å²) in [5.41, 5.74) is 4.61. The van der Waals surface area contributed by atoms with Gasteiger partial charge in [-0.3, -0.25) is 4.79 Å². The van der Waals surface area contributed by atoms with E-state index in [-0.39, 0.29) is 5.56 Å². The predicted octanol–water partition coefficient (Wildman–Crippen LogP) is 4.53. The van der Waals surface area contributed by atoms with Crippen molar-refractivity contribution in [2.75, 3.05) is 0 Å². The molecule has 0 bridgehead atoms. The van der Waals surface area contributed by atoms with E-state index < -0.39 is 0 Å². The standard InChI is InChI=1S/C18H20N2OS/c1-5-6-14-19-17(21)16-15(12(4)22-18(16)20-14)13-8-7-10(2)11(3)9-13/h7-9H,5-6H2,1-4H3,(H,19,20,21). The molecule has 3 aromatic rings. The van der Waals surface area contributed by atoms with Crippen LogP contribution in [0.2, 0.25) is 0 Å². The number of hydrogen-bond donors (Lipinski definition) is 1. The minimum absolute atomic E-state index is 0.0222. The average Bonchev–Trinajstić information content (AvgIpc) is 2.79. The third-order valence-electron chi connectivity index (χ3n) is 4.07. The Morgan fingerprint density at radius 3 is 2.64 bits per heavy atom. The van der Waals surface area contributed by atoms with Crippen LogP contribution < -0.4 is 5.56 Å². The molecule has 0 aliphatic rings. The molecule has 0 saturated carbocycles. The molecule has 2 aromatic heterocycles. The second kappa shape index (κ2) is 5.69. The largest absolute Gasteiger partial charge is 0.310 e. The SMILES string of the molecule is CCCc1nc2sc(C)c(-c3ccc(C)c(C)c3)c2c(=O)[nH]1. The fourth-order valence-electron chi connectivity index (χ4n) is 2.76. The van der Waals surface area contributed by atoms with E-state index in [0.29, 0.717) is 0 Å². The van der Waals surface area contributed by atoms with Gasteiger partial charge in [0.25, 0.3) is 5.56 Å². The van der Waals surface area contributed by atoms with Gasteiger partial charge in [0.15, 0.2) is 0 Å². The van der Waals surface area contributed by atoms with Crippen LogP contribution in [0, 0.1) is 20.8 Å². The summed E-state index contributed by atoms with van der Waals surface area (Å²) in [4.78, 5) is 22.1. The number of thiophene rings is 1. The maximum absolute atomic E-state index is 12.5. The van der Waals surface area contributed by atoms with Gasteiger partial charge in [0, 0.05) is 16.9 Å². The van der Waals surface area contributed by atoms with Gasteiger partial charge in [-0.15, -0.1) is 11.3 Å². The van der Waals surface area contributed by atoms with E-state index in [4.69, 9.17) is 0 Å². The zero-order chi connectivity index (χ0) is 15.9. The van der Waals surface area contributed by atoms with Crippen LogP contribution >= 0.6 is 11.3 Å². The highest BCUT2D eigenvalue weighted by molar-refractivity contribution is 7.19. The van der Waals surface area contributed by atoms with Crippen molar-refractivity contribution in [3.63, 3.8) is 0 Å². The van der Waals surface area contributed by atoms with Gasteiger partial charge in [-0.05, 0) is 43.9 Å². The number of aromatic nitrogens is 2. The molecule has 22 heavy (non-hydrogen) atoms. The van der Waals surface area contributed by atoms with Gasteiger partial charge in [-0.25, -0.2) is 4.98 Å². The lowest BCUT2D eigenvalue weighted by molar-refractivity contribution is 0.838. The van der Waals surface area contributed by atoms with Crippen molar-refractivity contribution in [3.8, 4) is 11.1 Å². The maximum Gasteiger partial charge on any atom is 0.260 e. The summed E-state index contributed by atoms with van der Waals surface area (Å²) in [5, 5.41) is 0.727. The molecule has 3 rings (SSSR count). The van der Waals surface area contributed by atoms with E-state index >= 15 is 0 Å². The highest BCUT2D eigenvalue weighted by atomic mass is 32.1. The summed E-state index contributed by atoms with van der Waals surface area (Å²) in [7, 11) is 0. The van der Waals surface area contributed by atoms with Gasteiger partial charge in [-0.1, -0.05) is 25.1 Å². The van der Waals surface area contributed by atoms with Gasteiger partial charge >= 0.3 is 0 Å². The first-order valence-corrected chi connectivity index (χ1v) is 8.42. The van der Waals surface area contributed by atoms with Crippen molar-refractivity contribution in [1.29, 1.82) is 0 Å². The normalized spacial score (nSPS) is 11.3. The van der Waals surface area contributed by atoms with Gasteiger partial charge < -0.3 is 4.98 Å². The molecule has 1 N–H and O–H groups in total. The number of hydrogen-bond acceptors (Lipinski definition) is 3. The Bertz CT molecular complexity index is 905. The second-order valence-corrected chi connectivity index (χ2v) is 6.98. The van der Waals surface area contributed by atoms with E-state index in [2.05, 4.69) is 55.9 Å². The minimum Gasteiger partial charge on any atom is -0.310 e. The first-order valence-electron chi connectivity index (χ1n) is 7.61. The Morgan fingerprint density at radius 2 is 1.95 bits per heavy atom. The third-order valence-corrected chi connectivity index (χ3v) is 5.07. The van der Waals surface area contributed by atoms with Gasteiger partial charge in [0.05, 0.1) is 5.39 Å². The number of aromatic amines is 1. The summed E-state index contributed by atoms with van der Waals surface area (Å²) < 4.78 is 0. The molecule has 0 unspecified atom stereocenters. The molecule has 0 spiro atoms. The highest BCUT2D eigenvalue weighted by Gasteiger charge is 2.16. The van der Waals surface area contributed by atoms with E-state index in [1.54, 1.807) is 11.3 Å². The highest BCUT2D eigenvalue weighted by Crippen LogP contribution is 2.36. The minimum atomic E-state index is -0.0222. The van der Waals surface area contributed by atoms with E-state index in [0.717, 1.165) is 44.9 Å². The van der Waals surface area contributed by atoms with Crippen molar-refractivity contribution in [1.82, 2.24) is 9.97 Å². The number of nitrogens with zero attached hydrogens (tertiary/aromatic N) is 1. The van der Waals surface area contributed by atoms with Crippen LogP contribution in [0.3, 0.4) is 0 Å².